The normalized spacial score (nSPS) is 20.1. The fourth-order valence-corrected chi connectivity index (χ4v) is 2.95. The van der Waals surface area contributed by atoms with Gasteiger partial charge in [-0.25, -0.2) is 0 Å². The van der Waals surface area contributed by atoms with E-state index in [0.29, 0.717) is 6.04 Å². The third kappa shape index (κ3) is 2.63. The summed E-state index contributed by atoms with van der Waals surface area (Å²) in [6.45, 7) is 3.31. The molecule has 0 spiro atoms. The quantitative estimate of drug-likeness (QED) is 0.821. The van der Waals surface area contributed by atoms with Gasteiger partial charge in [-0.15, -0.1) is 0 Å². The molecule has 1 fully saturated rings. The molecule has 17 heavy (non-hydrogen) atoms. The zero-order valence-corrected chi connectivity index (χ0v) is 11.7. The van der Waals surface area contributed by atoms with Crippen molar-refractivity contribution in [1.82, 2.24) is 0 Å². The third-order valence-electron chi connectivity index (χ3n) is 3.49. The maximum absolute atomic E-state index is 9.23. The van der Waals surface area contributed by atoms with Crippen molar-refractivity contribution in [3.8, 4) is 6.07 Å². The van der Waals surface area contributed by atoms with Gasteiger partial charge in [0.2, 0.25) is 0 Å². The van der Waals surface area contributed by atoms with Crippen LogP contribution in [0.25, 0.3) is 0 Å². The van der Waals surface area contributed by atoms with E-state index in [9.17, 15) is 5.26 Å². The van der Waals surface area contributed by atoms with Crippen molar-refractivity contribution in [2.24, 2.45) is 0 Å². The van der Waals surface area contributed by atoms with Gasteiger partial charge in [-0.3, -0.25) is 0 Å². The molecule has 1 aliphatic heterocycles. The molecule has 0 aromatic heterocycles. The van der Waals surface area contributed by atoms with Crippen LogP contribution in [0.2, 0.25) is 0 Å². The van der Waals surface area contributed by atoms with Gasteiger partial charge in [0, 0.05) is 17.1 Å². The third-order valence-corrected chi connectivity index (χ3v) is 3.98. The lowest BCUT2D eigenvalue weighted by Crippen LogP contribution is -2.39. The van der Waals surface area contributed by atoms with E-state index in [1.807, 2.05) is 12.1 Å². The van der Waals surface area contributed by atoms with Gasteiger partial charge in [-0.1, -0.05) is 22.9 Å². The Morgan fingerprint density at radius 3 is 3.00 bits per heavy atom. The van der Waals surface area contributed by atoms with Gasteiger partial charge in [0.15, 0.2) is 0 Å². The van der Waals surface area contributed by atoms with Gasteiger partial charge in [-0.2, -0.15) is 5.26 Å². The molecule has 1 saturated heterocycles. The first-order chi connectivity index (χ1) is 8.26. The Labute approximate surface area is 111 Å². The van der Waals surface area contributed by atoms with E-state index in [1.54, 1.807) is 0 Å². The summed E-state index contributed by atoms with van der Waals surface area (Å²) in [6.07, 6.45) is 4.95. The molecule has 0 radical (unpaired) electrons. The highest BCUT2D eigenvalue weighted by Crippen LogP contribution is 2.30. The van der Waals surface area contributed by atoms with Gasteiger partial charge in [-0.05, 0) is 43.9 Å². The van der Waals surface area contributed by atoms with Crippen molar-refractivity contribution < 1.29 is 0 Å². The highest BCUT2D eigenvalue weighted by atomic mass is 79.9. The van der Waals surface area contributed by atoms with Crippen LogP contribution < -0.4 is 4.90 Å². The van der Waals surface area contributed by atoms with E-state index in [-0.39, 0.29) is 0 Å². The highest BCUT2D eigenvalue weighted by Gasteiger charge is 2.22. The molecule has 2 rings (SSSR count). The molecule has 2 nitrogen and oxygen atoms in total. The summed E-state index contributed by atoms with van der Waals surface area (Å²) < 4.78 is 0.975. The van der Waals surface area contributed by atoms with E-state index in [1.165, 1.54) is 19.3 Å². The second-order valence-electron chi connectivity index (χ2n) is 4.52. The Bertz CT molecular complexity index is 436. The van der Waals surface area contributed by atoms with Crippen molar-refractivity contribution in [1.29, 1.82) is 5.26 Å². The van der Waals surface area contributed by atoms with Crippen LogP contribution in [0, 0.1) is 11.3 Å². The summed E-state index contributed by atoms with van der Waals surface area (Å²) in [5, 5.41) is 9.23. The monoisotopic (exact) mass is 292 g/mol. The van der Waals surface area contributed by atoms with Crippen molar-refractivity contribution >= 4 is 21.6 Å². The number of halogens is 1. The lowest BCUT2D eigenvalue weighted by Gasteiger charge is -2.37. The molecule has 1 heterocycles. The average molecular weight is 293 g/mol. The lowest BCUT2D eigenvalue weighted by atomic mass is 9.98. The van der Waals surface area contributed by atoms with Crippen LogP contribution in [0.4, 0.5) is 5.69 Å². The molecule has 0 bridgehead atoms. The van der Waals surface area contributed by atoms with Crippen molar-refractivity contribution in [2.75, 3.05) is 11.4 Å². The van der Waals surface area contributed by atoms with Crippen molar-refractivity contribution in [3.63, 3.8) is 0 Å². The molecule has 3 heteroatoms. The van der Waals surface area contributed by atoms with Gasteiger partial charge < -0.3 is 4.90 Å². The fourth-order valence-electron chi connectivity index (χ4n) is 2.59. The van der Waals surface area contributed by atoms with Crippen LogP contribution in [0.5, 0.6) is 0 Å². The molecular weight excluding hydrogens is 276 g/mol. The summed E-state index contributed by atoms with van der Waals surface area (Å²) in [6, 6.07) is 8.91. The number of piperidine rings is 1. The minimum absolute atomic E-state index is 0.594. The average Bonchev–Trinajstić information content (AvgIpc) is 2.38. The summed E-state index contributed by atoms with van der Waals surface area (Å²) in [5.41, 5.74) is 1.88. The summed E-state index contributed by atoms with van der Waals surface area (Å²) in [5.74, 6) is 0. The van der Waals surface area contributed by atoms with E-state index in [0.717, 1.165) is 28.7 Å². The first-order valence-electron chi connectivity index (χ1n) is 6.22. The predicted molar refractivity (Wildman–Crippen MR) is 74.1 cm³/mol. The number of nitrogens with zero attached hydrogens (tertiary/aromatic N) is 2. The summed E-state index contributed by atoms with van der Waals surface area (Å²) in [7, 11) is 0. The second-order valence-corrected chi connectivity index (χ2v) is 5.44. The van der Waals surface area contributed by atoms with Crippen LogP contribution in [0.15, 0.2) is 22.7 Å². The second kappa shape index (κ2) is 5.55. The Morgan fingerprint density at radius 1 is 1.47 bits per heavy atom. The van der Waals surface area contributed by atoms with E-state index < -0.39 is 0 Å². The summed E-state index contributed by atoms with van der Waals surface area (Å²) in [4.78, 5) is 2.41. The molecule has 1 aliphatic rings. The van der Waals surface area contributed by atoms with Gasteiger partial charge >= 0.3 is 0 Å². The van der Waals surface area contributed by atoms with E-state index >= 15 is 0 Å². The van der Waals surface area contributed by atoms with Crippen LogP contribution in [0.3, 0.4) is 0 Å². The van der Waals surface area contributed by atoms with Gasteiger partial charge in [0.1, 0.15) is 6.07 Å². The molecule has 0 amide bonds. The minimum atomic E-state index is 0.594. The molecule has 1 aromatic rings. The van der Waals surface area contributed by atoms with Crippen LogP contribution in [-0.2, 0) is 0 Å². The molecule has 1 unspecified atom stereocenters. The van der Waals surface area contributed by atoms with E-state index in [4.69, 9.17) is 0 Å². The number of rotatable bonds is 2. The standard InChI is InChI=1S/C14H17BrN2/c1-2-13-5-3-4-8-17(13)14-7-6-12(15)9-11(14)10-16/h6-7,9,13H,2-5,8H2,1H3. The molecular formula is C14H17BrN2. The molecule has 90 valence electrons. The molecule has 1 aromatic carbocycles. The van der Waals surface area contributed by atoms with E-state index in [2.05, 4.69) is 39.9 Å². The number of anilines is 1. The zero-order valence-electron chi connectivity index (χ0n) is 10.1. The number of hydrogen-bond donors (Lipinski definition) is 0. The number of nitriles is 1. The SMILES string of the molecule is CCC1CCCCN1c1ccc(Br)cc1C#N. The van der Waals surface area contributed by atoms with Crippen LogP contribution in [0.1, 0.15) is 38.2 Å². The first-order valence-corrected chi connectivity index (χ1v) is 7.02. The Balaban J connectivity index is 2.35. The molecule has 1 atom stereocenters. The van der Waals surface area contributed by atoms with Crippen LogP contribution in [-0.4, -0.2) is 12.6 Å². The molecule has 0 saturated carbocycles. The van der Waals surface area contributed by atoms with Crippen molar-refractivity contribution in [3.05, 3.63) is 28.2 Å². The predicted octanol–water partition coefficient (Wildman–Crippen LogP) is 4.09. The van der Waals surface area contributed by atoms with Crippen molar-refractivity contribution in [2.45, 2.75) is 38.6 Å². The molecule has 0 N–H and O–H groups in total. The van der Waals surface area contributed by atoms with Gasteiger partial charge in [0.25, 0.3) is 0 Å². The van der Waals surface area contributed by atoms with Gasteiger partial charge in [0.05, 0.1) is 11.3 Å². The lowest BCUT2D eigenvalue weighted by molar-refractivity contribution is 0.450. The minimum Gasteiger partial charge on any atom is -0.367 e. The summed E-state index contributed by atoms with van der Waals surface area (Å²) >= 11 is 3.42. The maximum atomic E-state index is 9.23. The first kappa shape index (κ1) is 12.4. The van der Waals surface area contributed by atoms with Crippen LogP contribution >= 0.6 is 15.9 Å². The number of benzene rings is 1. The molecule has 0 aliphatic carbocycles. The smallest absolute Gasteiger partial charge is 0.101 e. The Kier molecular flexibility index (Phi) is 4.06. The fraction of sp³-hybridized carbons (Fsp3) is 0.500. The largest absolute Gasteiger partial charge is 0.367 e. The highest BCUT2D eigenvalue weighted by molar-refractivity contribution is 9.10. The topological polar surface area (TPSA) is 27.0 Å². The zero-order chi connectivity index (χ0) is 12.3. The maximum Gasteiger partial charge on any atom is 0.101 e. The number of hydrogen-bond acceptors (Lipinski definition) is 2. The Hall–Kier alpha value is -1.01. The Morgan fingerprint density at radius 2 is 2.29 bits per heavy atom.